The van der Waals surface area contributed by atoms with E-state index in [1.807, 2.05) is 19.1 Å². The third-order valence-corrected chi connectivity index (χ3v) is 5.38. The van der Waals surface area contributed by atoms with Crippen molar-refractivity contribution in [3.63, 3.8) is 0 Å². The van der Waals surface area contributed by atoms with Crippen molar-refractivity contribution in [1.82, 2.24) is 14.6 Å². The van der Waals surface area contributed by atoms with Crippen molar-refractivity contribution in [2.75, 3.05) is 6.54 Å². The highest BCUT2D eigenvalue weighted by atomic mass is 32.2. The first-order chi connectivity index (χ1) is 11.0. The number of nitrogens with zero attached hydrogens (tertiary/aromatic N) is 1. The quantitative estimate of drug-likeness (QED) is 0.905. The van der Waals surface area contributed by atoms with Gasteiger partial charge in [-0.2, -0.15) is 0 Å². The highest BCUT2D eigenvalue weighted by Gasteiger charge is 2.32. The fraction of sp³-hybridized carbons (Fsp3) is 0.312. The second-order valence-electron chi connectivity index (χ2n) is 5.70. The lowest BCUT2D eigenvalue weighted by Gasteiger charge is -2.24. The Labute approximate surface area is 135 Å². The number of likely N-dealkylation sites (tertiary alicyclic amines) is 1. The molecule has 0 aliphatic carbocycles. The molecule has 2 amide bonds. The average molecular weight is 333 g/mol. The van der Waals surface area contributed by atoms with Gasteiger partial charge in [0.1, 0.15) is 0 Å². The molecule has 122 valence electrons. The summed E-state index contributed by atoms with van der Waals surface area (Å²) in [5, 5.41) is 0. The molecule has 1 aliphatic rings. The highest BCUT2D eigenvalue weighted by molar-refractivity contribution is 7.90. The van der Waals surface area contributed by atoms with Crippen LogP contribution in [0.4, 0.5) is 4.79 Å². The van der Waals surface area contributed by atoms with E-state index >= 15 is 0 Å². The van der Waals surface area contributed by atoms with Crippen LogP contribution in [0.25, 0.3) is 0 Å². The zero-order valence-electron chi connectivity index (χ0n) is 12.8. The summed E-state index contributed by atoms with van der Waals surface area (Å²) < 4.78 is 26.8. The largest absolute Gasteiger partial charge is 0.363 e. The zero-order chi connectivity index (χ0) is 16.4. The molecule has 1 unspecified atom stereocenters. The first-order valence-electron chi connectivity index (χ1n) is 7.51. The van der Waals surface area contributed by atoms with E-state index in [9.17, 15) is 13.2 Å². The highest BCUT2D eigenvalue weighted by Crippen LogP contribution is 2.30. The van der Waals surface area contributed by atoms with Crippen molar-refractivity contribution in [2.45, 2.75) is 30.7 Å². The van der Waals surface area contributed by atoms with Gasteiger partial charge < -0.3 is 9.88 Å². The molecule has 0 spiro atoms. The van der Waals surface area contributed by atoms with Crippen molar-refractivity contribution in [3.05, 3.63) is 53.9 Å². The fourth-order valence-corrected chi connectivity index (χ4v) is 3.79. The Morgan fingerprint density at radius 2 is 2.00 bits per heavy atom. The van der Waals surface area contributed by atoms with Crippen LogP contribution in [0.15, 0.2) is 47.5 Å². The number of rotatable bonds is 3. The maximum atomic E-state index is 12.4. The Bertz CT molecular complexity index is 782. The minimum absolute atomic E-state index is 0.0899. The number of H-pyrrole nitrogens is 1. The molecule has 0 bridgehead atoms. The van der Waals surface area contributed by atoms with Crippen molar-refractivity contribution in [3.8, 4) is 0 Å². The first-order valence-corrected chi connectivity index (χ1v) is 8.99. The van der Waals surface area contributed by atoms with E-state index in [1.54, 1.807) is 23.2 Å². The number of urea groups is 1. The lowest BCUT2D eigenvalue weighted by atomic mass is 10.1. The van der Waals surface area contributed by atoms with E-state index in [4.69, 9.17) is 0 Å². The van der Waals surface area contributed by atoms with Crippen LogP contribution in [-0.4, -0.2) is 30.9 Å². The van der Waals surface area contributed by atoms with Crippen molar-refractivity contribution < 1.29 is 13.2 Å². The molecular weight excluding hydrogens is 314 g/mol. The van der Waals surface area contributed by atoms with Gasteiger partial charge in [-0.25, -0.2) is 17.9 Å². The molecule has 2 aromatic rings. The first kappa shape index (κ1) is 15.6. The van der Waals surface area contributed by atoms with Gasteiger partial charge in [0.2, 0.25) is 0 Å². The molecule has 1 saturated heterocycles. The number of amides is 2. The number of hydrogen-bond acceptors (Lipinski definition) is 3. The van der Waals surface area contributed by atoms with E-state index in [2.05, 4.69) is 9.71 Å². The van der Waals surface area contributed by atoms with Crippen molar-refractivity contribution in [2.24, 2.45) is 0 Å². The van der Waals surface area contributed by atoms with Crippen LogP contribution in [0, 0.1) is 6.92 Å². The van der Waals surface area contributed by atoms with Gasteiger partial charge in [0, 0.05) is 18.4 Å². The second-order valence-corrected chi connectivity index (χ2v) is 7.38. The molecule has 1 aromatic heterocycles. The zero-order valence-corrected chi connectivity index (χ0v) is 13.6. The van der Waals surface area contributed by atoms with E-state index in [0.29, 0.717) is 6.54 Å². The van der Waals surface area contributed by atoms with Gasteiger partial charge in [-0.1, -0.05) is 17.7 Å². The monoisotopic (exact) mass is 333 g/mol. The van der Waals surface area contributed by atoms with E-state index in [-0.39, 0.29) is 10.9 Å². The summed E-state index contributed by atoms with van der Waals surface area (Å²) in [7, 11) is -3.86. The lowest BCUT2D eigenvalue weighted by molar-refractivity contribution is 0.198. The average Bonchev–Trinajstić information content (AvgIpc) is 3.18. The maximum Gasteiger partial charge on any atom is 0.331 e. The van der Waals surface area contributed by atoms with Crippen LogP contribution in [0.1, 0.15) is 30.1 Å². The number of carbonyl (C=O) groups is 1. The van der Waals surface area contributed by atoms with Crippen LogP contribution < -0.4 is 4.72 Å². The molecule has 2 heterocycles. The van der Waals surface area contributed by atoms with Crippen LogP contribution in [0.2, 0.25) is 0 Å². The van der Waals surface area contributed by atoms with Crippen LogP contribution in [-0.2, 0) is 10.0 Å². The molecule has 7 heteroatoms. The van der Waals surface area contributed by atoms with Gasteiger partial charge >= 0.3 is 6.03 Å². The normalized spacial score (nSPS) is 18.1. The molecule has 23 heavy (non-hydrogen) atoms. The van der Waals surface area contributed by atoms with Crippen LogP contribution >= 0.6 is 0 Å². The molecule has 0 radical (unpaired) electrons. The minimum atomic E-state index is -3.86. The molecule has 2 N–H and O–H groups in total. The van der Waals surface area contributed by atoms with Crippen LogP contribution in [0.5, 0.6) is 0 Å². The Morgan fingerprint density at radius 3 is 2.65 bits per heavy atom. The summed E-state index contributed by atoms with van der Waals surface area (Å²) in [4.78, 5) is 17.2. The Hall–Kier alpha value is -2.28. The molecule has 0 saturated carbocycles. The Kier molecular flexibility index (Phi) is 4.12. The summed E-state index contributed by atoms with van der Waals surface area (Å²) in [5.41, 5.74) is 1.88. The SMILES string of the molecule is Cc1ccc(S(=O)(=O)NC(=O)N2CCCC2c2ccc[nH]2)cc1. The summed E-state index contributed by atoms with van der Waals surface area (Å²) >= 11 is 0. The summed E-state index contributed by atoms with van der Waals surface area (Å²) in [6.07, 6.45) is 3.47. The topological polar surface area (TPSA) is 82.3 Å². The second kappa shape index (κ2) is 6.08. The number of aryl methyl sites for hydroxylation is 1. The van der Waals surface area contributed by atoms with Gasteiger partial charge in [-0.15, -0.1) is 0 Å². The number of sulfonamides is 1. The maximum absolute atomic E-state index is 12.4. The Balaban J connectivity index is 1.77. The standard InChI is InChI=1S/C16H19N3O3S/c1-12-6-8-13(9-7-12)23(21,22)18-16(20)19-11-3-5-15(19)14-4-2-10-17-14/h2,4,6-10,15,17H,3,5,11H2,1H3,(H,18,20). The molecule has 1 atom stereocenters. The number of hydrogen-bond donors (Lipinski definition) is 2. The van der Waals surface area contributed by atoms with Gasteiger partial charge in [0.15, 0.2) is 0 Å². The third kappa shape index (κ3) is 3.24. The smallest absolute Gasteiger partial charge is 0.331 e. The van der Waals surface area contributed by atoms with Crippen molar-refractivity contribution in [1.29, 1.82) is 0 Å². The number of benzene rings is 1. The minimum Gasteiger partial charge on any atom is -0.363 e. The van der Waals surface area contributed by atoms with Gasteiger partial charge in [-0.05, 0) is 44.0 Å². The summed E-state index contributed by atoms with van der Waals surface area (Å²) in [5.74, 6) is 0. The summed E-state index contributed by atoms with van der Waals surface area (Å²) in [6.45, 7) is 2.42. The fourth-order valence-electron chi connectivity index (χ4n) is 2.83. The predicted molar refractivity (Wildman–Crippen MR) is 86.4 cm³/mol. The van der Waals surface area contributed by atoms with Gasteiger partial charge in [0.05, 0.1) is 10.9 Å². The Morgan fingerprint density at radius 1 is 1.26 bits per heavy atom. The molecule has 1 fully saturated rings. The van der Waals surface area contributed by atoms with Gasteiger partial charge in [0.25, 0.3) is 10.0 Å². The van der Waals surface area contributed by atoms with Gasteiger partial charge in [-0.3, -0.25) is 0 Å². The summed E-state index contributed by atoms with van der Waals surface area (Å²) in [6, 6.07) is 9.49. The molecule has 6 nitrogen and oxygen atoms in total. The van der Waals surface area contributed by atoms with Crippen molar-refractivity contribution >= 4 is 16.1 Å². The van der Waals surface area contributed by atoms with E-state index in [0.717, 1.165) is 24.1 Å². The molecular formula is C16H19N3O3S. The number of nitrogens with one attached hydrogen (secondary N) is 2. The molecule has 1 aliphatic heterocycles. The predicted octanol–water partition coefficient (Wildman–Crippen LogP) is 2.56. The lowest BCUT2D eigenvalue weighted by Crippen LogP contribution is -2.42. The van der Waals surface area contributed by atoms with E-state index in [1.165, 1.54) is 12.1 Å². The number of carbonyl (C=O) groups excluding carboxylic acids is 1. The van der Waals surface area contributed by atoms with Crippen LogP contribution in [0.3, 0.4) is 0 Å². The molecule has 1 aromatic carbocycles. The number of aromatic amines is 1. The van der Waals surface area contributed by atoms with E-state index < -0.39 is 16.1 Å². The molecule has 3 rings (SSSR count). The number of aromatic nitrogens is 1. The third-order valence-electron chi connectivity index (χ3n) is 4.05.